The lowest BCUT2D eigenvalue weighted by molar-refractivity contribution is -0.136. The number of carboxylic acids is 1. The van der Waals surface area contributed by atoms with Gasteiger partial charge in [0.1, 0.15) is 11.5 Å². The maximum absolute atomic E-state index is 10.3. The number of benzene rings is 1. The molecule has 0 aliphatic carbocycles. The van der Waals surface area contributed by atoms with Crippen molar-refractivity contribution >= 4 is 5.97 Å². The Kier molecular flexibility index (Phi) is 2.74. The van der Waals surface area contributed by atoms with Gasteiger partial charge in [-0.2, -0.15) is 0 Å². The Morgan fingerprint density at radius 3 is 2.69 bits per heavy atom. The van der Waals surface area contributed by atoms with Gasteiger partial charge in [-0.05, 0) is 6.07 Å². The Hall–Kier alpha value is -1.71. The van der Waals surface area contributed by atoms with E-state index in [1.807, 2.05) is 0 Å². The lowest BCUT2D eigenvalue weighted by Gasteiger charge is -2.04. The van der Waals surface area contributed by atoms with Gasteiger partial charge < -0.3 is 14.9 Å². The van der Waals surface area contributed by atoms with Crippen molar-refractivity contribution in [1.29, 1.82) is 0 Å². The summed E-state index contributed by atoms with van der Waals surface area (Å²) in [6.45, 7) is 0. The van der Waals surface area contributed by atoms with E-state index in [0.29, 0.717) is 11.3 Å². The highest BCUT2D eigenvalue weighted by Gasteiger charge is 2.06. The Bertz CT molecular complexity index is 319. The quantitative estimate of drug-likeness (QED) is 0.732. The molecule has 1 rings (SSSR count). The van der Waals surface area contributed by atoms with Gasteiger partial charge in [-0.3, -0.25) is 4.79 Å². The molecule has 0 unspecified atom stereocenters. The zero-order chi connectivity index (χ0) is 9.84. The van der Waals surface area contributed by atoms with Gasteiger partial charge in [0.05, 0.1) is 13.5 Å². The SMILES string of the molecule is COc1ccc(CC(=O)O)c(O)c1. The summed E-state index contributed by atoms with van der Waals surface area (Å²) in [5, 5.41) is 17.8. The zero-order valence-electron chi connectivity index (χ0n) is 7.15. The first-order valence-electron chi connectivity index (χ1n) is 3.71. The molecule has 1 aromatic carbocycles. The highest BCUT2D eigenvalue weighted by molar-refractivity contribution is 5.71. The van der Waals surface area contributed by atoms with E-state index in [4.69, 9.17) is 9.84 Å². The Balaban J connectivity index is 2.91. The molecule has 4 heteroatoms. The van der Waals surface area contributed by atoms with Gasteiger partial charge in [0.15, 0.2) is 0 Å². The van der Waals surface area contributed by atoms with E-state index in [1.165, 1.54) is 19.2 Å². The van der Waals surface area contributed by atoms with Crippen molar-refractivity contribution in [2.24, 2.45) is 0 Å². The number of carbonyl (C=O) groups is 1. The monoisotopic (exact) mass is 182 g/mol. The predicted molar refractivity (Wildman–Crippen MR) is 46.0 cm³/mol. The lowest BCUT2D eigenvalue weighted by Crippen LogP contribution is -2.00. The average Bonchev–Trinajstić information content (AvgIpc) is 2.08. The topological polar surface area (TPSA) is 66.8 Å². The first-order valence-corrected chi connectivity index (χ1v) is 3.71. The minimum absolute atomic E-state index is 0.0539. The summed E-state index contributed by atoms with van der Waals surface area (Å²) >= 11 is 0. The summed E-state index contributed by atoms with van der Waals surface area (Å²) in [5.41, 5.74) is 0.383. The van der Waals surface area contributed by atoms with Gasteiger partial charge in [0.25, 0.3) is 0 Å². The number of hydrogen-bond donors (Lipinski definition) is 2. The van der Waals surface area contributed by atoms with Crippen molar-refractivity contribution in [3.05, 3.63) is 23.8 Å². The first kappa shape index (κ1) is 9.38. The molecule has 0 amide bonds. The predicted octanol–water partition coefficient (Wildman–Crippen LogP) is 1.03. The number of ether oxygens (including phenoxy) is 1. The minimum Gasteiger partial charge on any atom is -0.508 e. The molecule has 0 fully saturated rings. The van der Waals surface area contributed by atoms with E-state index in [-0.39, 0.29) is 12.2 Å². The van der Waals surface area contributed by atoms with Gasteiger partial charge in [-0.25, -0.2) is 0 Å². The summed E-state index contributed by atoms with van der Waals surface area (Å²) in [5.74, 6) is -0.520. The molecule has 13 heavy (non-hydrogen) atoms. The number of rotatable bonds is 3. The second kappa shape index (κ2) is 3.80. The van der Waals surface area contributed by atoms with Crippen LogP contribution in [-0.2, 0) is 11.2 Å². The van der Waals surface area contributed by atoms with Crippen molar-refractivity contribution in [1.82, 2.24) is 0 Å². The fourth-order valence-corrected chi connectivity index (χ4v) is 0.983. The Labute approximate surface area is 75.4 Å². The van der Waals surface area contributed by atoms with Crippen LogP contribution in [0.3, 0.4) is 0 Å². The number of methoxy groups -OCH3 is 1. The summed E-state index contributed by atoms with van der Waals surface area (Å²) in [4.78, 5) is 10.3. The van der Waals surface area contributed by atoms with Crippen LogP contribution in [0.4, 0.5) is 0 Å². The average molecular weight is 182 g/mol. The molecule has 0 radical (unpaired) electrons. The normalized spacial score (nSPS) is 9.62. The molecular formula is C9H10O4. The van der Waals surface area contributed by atoms with E-state index in [0.717, 1.165) is 0 Å². The standard InChI is InChI=1S/C9H10O4/c1-13-7-3-2-6(4-9(11)12)8(10)5-7/h2-3,5,10H,4H2,1H3,(H,11,12). The van der Waals surface area contributed by atoms with Gasteiger partial charge in [0.2, 0.25) is 0 Å². The molecule has 0 spiro atoms. The van der Waals surface area contributed by atoms with E-state index >= 15 is 0 Å². The van der Waals surface area contributed by atoms with Crippen LogP contribution < -0.4 is 4.74 Å². The second-order valence-electron chi connectivity index (χ2n) is 2.57. The number of phenolic OH excluding ortho intramolecular Hbond substituents is 1. The number of hydrogen-bond acceptors (Lipinski definition) is 3. The molecule has 0 aliphatic rings. The minimum atomic E-state index is -0.972. The highest BCUT2D eigenvalue weighted by atomic mass is 16.5. The smallest absolute Gasteiger partial charge is 0.307 e. The van der Waals surface area contributed by atoms with Crippen LogP contribution in [0.2, 0.25) is 0 Å². The molecule has 0 aromatic heterocycles. The van der Waals surface area contributed by atoms with Crippen molar-refractivity contribution in [2.45, 2.75) is 6.42 Å². The van der Waals surface area contributed by atoms with Crippen LogP contribution in [0.25, 0.3) is 0 Å². The molecule has 0 aliphatic heterocycles. The van der Waals surface area contributed by atoms with Crippen molar-refractivity contribution in [3.63, 3.8) is 0 Å². The molecule has 0 bridgehead atoms. The third kappa shape index (κ3) is 2.37. The number of aliphatic carboxylic acids is 1. The molecule has 0 heterocycles. The lowest BCUT2D eigenvalue weighted by atomic mass is 10.1. The number of aromatic hydroxyl groups is 1. The van der Waals surface area contributed by atoms with E-state index in [1.54, 1.807) is 6.07 Å². The van der Waals surface area contributed by atoms with E-state index < -0.39 is 5.97 Å². The third-order valence-corrected chi connectivity index (χ3v) is 1.63. The maximum atomic E-state index is 10.3. The fourth-order valence-electron chi connectivity index (χ4n) is 0.983. The molecular weight excluding hydrogens is 172 g/mol. The van der Waals surface area contributed by atoms with Gasteiger partial charge >= 0.3 is 5.97 Å². The third-order valence-electron chi connectivity index (χ3n) is 1.63. The molecule has 70 valence electrons. The van der Waals surface area contributed by atoms with Crippen molar-refractivity contribution in [2.75, 3.05) is 7.11 Å². The zero-order valence-corrected chi connectivity index (χ0v) is 7.15. The largest absolute Gasteiger partial charge is 0.508 e. The molecule has 4 nitrogen and oxygen atoms in total. The highest BCUT2D eigenvalue weighted by Crippen LogP contribution is 2.23. The maximum Gasteiger partial charge on any atom is 0.307 e. The molecule has 1 aromatic rings. The molecule has 0 saturated carbocycles. The van der Waals surface area contributed by atoms with Crippen LogP contribution >= 0.6 is 0 Å². The summed E-state index contributed by atoms with van der Waals surface area (Å²) in [6, 6.07) is 4.53. The fraction of sp³-hybridized carbons (Fsp3) is 0.222. The summed E-state index contributed by atoms with van der Waals surface area (Å²) in [7, 11) is 1.48. The van der Waals surface area contributed by atoms with Crippen LogP contribution in [0.1, 0.15) is 5.56 Å². The van der Waals surface area contributed by atoms with Gasteiger partial charge in [-0.15, -0.1) is 0 Å². The van der Waals surface area contributed by atoms with Crippen LogP contribution in [-0.4, -0.2) is 23.3 Å². The Morgan fingerprint density at radius 1 is 1.54 bits per heavy atom. The van der Waals surface area contributed by atoms with Crippen LogP contribution in [0, 0.1) is 0 Å². The van der Waals surface area contributed by atoms with E-state index in [2.05, 4.69) is 0 Å². The first-order chi connectivity index (χ1) is 6.13. The summed E-state index contributed by atoms with van der Waals surface area (Å²) in [6.07, 6.45) is -0.185. The van der Waals surface area contributed by atoms with Crippen LogP contribution in [0.5, 0.6) is 11.5 Å². The molecule has 2 N–H and O–H groups in total. The van der Waals surface area contributed by atoms with Crippen LogP contribution in [0.15, 0.2) is 18.2 Å². The van der Waals surface area contributed by atoms with Crippen molar-refractivity contribution < 1.29 is 19.7 Å². The summed E-state index contributed by atoms with van der Waals surface area (Å²) < 4.78 is 4.85. The van der Waals surface area contributed by atoms with E-state index in [9.17, 15) is 9.90 Å². The Morgan fingerprint density at radius 2 is 2.23 bits per heavy atom. The number of carboxylic acid groups (broad SMARTS) is 1. The van der Waals surface area contributed by atoms with Crippen molar-refractivity contribution in [3.8, 4) is 11.5 Å². The molecule has 0 saturated heterocycles. The molecule has 0 atom stereocenters. The second-order valence-corrected chi connectivity index (χ2v) is 2.57. The van der Waals surface area contributed by atoms with Gasteiger partial charge in [0, 0.05) is 11.6 Å². The van der Waals surface area contributed by atoms with Gasteiger partial charge in [-0.1, -0.05) is 6.07 Å². The number of phenols is 1.